The average Bonchev–Trinajstić information content (AvgIpc) is 3.37. The molecule has 3 heterocycles. The van der Waals surface area contributed by atoms with Crippen LogP contribution in [0, 0.1) is 0 Å². The highest BCUT2D eigenvalue weighted by atomic mass is 32.1. The number of hydrogen-bond acceptors (Lipinski definition) is 7. The first-order valence-corrected chi connectivity index (χ1v) is 9.72. The molecule has 1 aliphatic heterocycles. The maximum absolute atomic E-state index is 12.2. The van der Waals surface area contributed by atoms with Crippen LogP contribution < -0.4 is 5.32 Å². The Bertz CT molecular complexity index is 856. The molecule has 2 aromatic heterocycles. The number of ether oxygens (including phenoxy) is 1. The molecule has 0 radical (unpaired) electrons. The SMILES string of the molecule is O=C(Cc1csc(-c2ccccc2)n1)Nc1nnc([C@H]2CCCO2)s1. The molecule has 4 rings (SSSR count). The molecule has 128 valence electrons. The van der Waals surface area contributed by atoms with E-state index < -0.39 is 0 Å². The van der Waals surface area contributed by atoms with Crippen molar-refractivity contribution in [3.8, 4) is 10.6 Å². The largest absolute Gasteiger partial charge is 0.371 e. The summed E-state index contributed by atoms with van der Waals surface area (Å²) in [5.41, 5.74) is 1.81. The maximum atomic E-state index is 12.2. The number of benzene rings is 1. The van der Waals surface area contributed by atoms with E-state index in [1.165, 1.54) is 22.7 Å². The fourth-order valence-corrected chi connectivity index (χ4v) is 4.29. The average molecular weight is 372 g/mol. The second kappa shape index (κ2) is 7.38. The van der Waals surface area contributed by atoms with Crippen molar-refractivity contribution in [1.82, 2.24) is 15.2 Å². The molecular formula is C17H16N4O2S2. The Balaban J connectivity index is 1.37. The van der Waals surface area contributed by atoms with Crippen LogP contribution in [-0.4, -0.2) is 27.7 Å². The number of carbonyl (C=O) groups is 1. The lowest BCUT2D eigenvalue weighted by molar-refractivity contribution is -0.115. The first-order valence-electron chi connectivity index (χ1n) is 8.02. The van der Waals surface area contributed by atoms with Gasteiger partial charge >= 0.3 is 0 Å². The van der Waals surface area contributed by atoms with E-state index in [0.29, 0.717) is 5.13 Å². The van der Waals surface area contributed by atoms with E-state index in [1.54, 1.807) is 0 Å². The van der Waals surface area contributed by atoms with Gasteiger partial charge in [0.2, 0.25) is 11.0 Å². The van der Waals surface area contributed by atoms with Gasteiger partial charge in [0.15, 0.2) is 0 Å². The van der Waals surface area contributed by atoms with E-state index in [1.807, 2.05) is 35.7 Å². The Morgan fingerprint density at radius 1 is 1.28 bits per heavy atom. The third-order valence-electron chi connectivity index (χ3n) is 3.81. The molecule has 8 heteroatoms. The Kier molecular flexibility index (Phi) is 4.82. The van der Waals surface area contributed by atoms with Crippen LogP contribution in [0.3, 0.4) is 0 Å². The Labute approximate surface area is 152 Å². The monoisotopic (exact) mass is 372 g/mol. The fourth-order valence-electron chi connectivity index (χ4n) is 2.62. The molecule has 1 N–H and O–H groups in total. The van der Waals surface area contributed by atoms with Crippen molar-refractivity contribution >= 4 is 33.7 Å². The molecule has 0 bridgehead atoms. The first-order chi connectivity index (χ1) is 12.3. The molecule has 25 heavy (non-hydrogen) atoms. The molecule has 1 aromatic carbocycles. The molecular weight excluding hydrogens is 356 g/mol. The van der Waals surface area contributed by atoms with Gasteiger partial charge in [-0.1, -0.05) is 41.7 Å². The molecule has 1 fully saturated rings. The summed E-state index contributed by atoms with van der Waals surface area (Å²) in [4.78, 5) is 16.8. The van der Waals surface area contributed by atoms with Gasteiger partial charge in [0.05, 0.1) is 12.1 Å². The summed E-state index contributed by atoms with van der Waals surface area (Å²) in [6.07, 6.45) is 2.25. The molecule has 1 aliphatic rings. The zero-order valence-electron chi connectivity index (χ0n) is 13.3. The van der Waals surface area contributed by atoms with Gasteiger partial charge in [-0.3, -0.25) is 4.79 Å². The van der Waals surface area contributed by atoms with E-state index >= 15 is 0 Å². The molecule has 1 atom stereocenters. The van der Waals surface area contributed by atoms with E-state index in [9.17, 15) is 4.79 Å². The number of anilines is 1. The third-order valence-corrected chi connectivity index (χ3v) is 5.68. The minimum atomic E-state index is -0.139. The summed E-state index contributed by atoms with van der Waals surface area (Å²) in [6.45, 7) is 0.763. The van der Waals surface area contributed by atoms with Crippen LogP contribution in [0.4, 0.5) is 5.13 Å². The third kappa shape index (κ3) is 3.92. The second-order valence-corrected chi connectivity index (χ2v) is 7.55. The summed E-state index contributed by atoms with van der Waals surface area (Å²) < 4.78 is 5.58. The van der Waals surface area contributed by atoms with Gasteiger partial charge in [-0.15, -0.1) is 21.5 Å². The Hall–Kier alpha value is -2.16. The topological polar surface area (TPSA) is 77.0 Å². The van der Waals surface area contributed by atoms with Crippen LogP contribution in [-0.2, 0) is 16.0 Å². The van der Waals surface area contributed by atoms with E-state index in [2.05, 4.69) is 20.5 Å². The van der Waals surface area contributed by atoms with Crippen LogP contribution in [0.25, 0.3) is 10.6 Å². The van der Waals surface area contributed by atoms with Crippen molar-refractivity contribution in [3.63, 3.8) is 0 Å². The smallest absolute Gasteiger partial charge is 0.232 e. The Morgan fingerprint density at radius 2 is 2.16 bits per heavy atom. The van der Waals surface area contributed by atoms with Gasteiger partial charge in [0, 0.05) is 17.6 Å². The number of rotatable bonds is 5. The number of amides is 1. The normalized spacial score (nSPS) is 16.9. The minimum Gasteiger partial charge on any atom is -0.371 e. The second-order valence-electron chi connectivity index (χ2n) is 5.68. The fraction of sp³-hybridized carbons (Fsp3) is 0.294. The molecule has 0 spiro atoms. The summed E-state index contributed by atoms with van der Waals surface area (Å²) >= 11 is 2.91. The van der Waals surface area contributed by atoms with Crippen LogP contribution in [0.2, 0.25) is 0 Å². The number of nitrogens with one attached hydrogen (secondary N) is 1. The molecule has 1 amide bonds. The van der Waals surface area contributed by atoms with Crippen molar-refractivity contribution in [1.29, 1.82) is 0 Å². The van der Waals surface area contributed by atoms with Crippen molar-refractivity contribution in [2.45, 2.75) is 25.4 Å². The highest BCUT2D eigenvalue weighted by Gasteiger charge is 2.22. The van der Waals surface area contributed by atoms with Crippen molar-refractivity contribution in [2.75, 3.05) is 11.9 Å². The van der Waals surface area contributed by atoms with Gasteiger partial charge in [0.25, 0.3) is 0 Å². The van der Waals surface area contributed by atoms with E-state index in [-0.39, 0.29) is 18.4 Å². The standard InChI is InChI=1S/C17H16N4O2S2/c22-14(19-17-21-20-16(25-17)13-7-4-8-23-13)9-12-10-24-15(18-12)11-5-2-1-3-6-11/h1-3,5-6,10,13H,4,7-9H2,(H,19,21,22)/t13-/m1/s1. The van der Waals surface area contributed by atoms with Crippen LogP contribution in [0.5, 0.6) is 0 Å². The van der Waals surface area contributed by atoms with Crippen LogP contribution in [0.1, 0.15) is 29.6 Å². The highest BCUT2D eigenvalue weighted by molar-refractivity contribution is 7.15. The number of thiazole rings is 1. The summed E-state index contributed by atoms with van der Waals surface area (Å²) in [7, 11) is 0. The van der Waals surface area contributed by atoms with Crippen LogP contribution >= 0.6 is 22.7 Å². The van der Waals surface area contributed by atoms with Crippen molar-refractivity contribution in [3.05, 3.63) is 46.4 Å². The molecule has 1 saturated heterocycles. The molecule has 0 saturated carbocycles. The number of hydrogen-bond donors (Lipinski definition) is 1. The Morgan fingerprint density at radius 3 is 2.96 bits per heavy atom. The van der Waals surface area contributed by atoms with E-state index in [4.69, 9.17) is 4.74 Å². The van der Waals surface area contributed by atoms with Gasteiger partial charge < -0.3 is 10.1 Å². The summed E-state index contributed by atoms with van der Waals surface area (Å²) in [5.74, 6) is -0.139. The van der Waals surface area contributed by atoms with Gasteiger partial charge in [-0.2, -0.15) is 0 Å². The molecule has 0 unspecified atom stereocenters. The van der Waals surface area contributed by atoms with Gasteiger partial charge in [-0.05, 0) is 12.8 Å². The predicted octanol–water partition coefficient (Wildman–Crippen LogP) is 3.69. The molecule has 0 aliphatic carbocycles. The summed E-state index contributed by atoms with van der Waals surface area (Å²) in [5, 5.41) is 15.1. The quantitative estimate of drug-likeness (QED) is 0.739. The zero-order valence-corrected chi connectivity index (χ0v) is 15.0. The lowest BCUT2D eigenvalue weighted by atomic mass is 10.2. The molecule has 3 aromatic rings. The number of aromatic nitrogens is 3. The lowest BCUT2D eigenvalue weighted by Crippen LogP contribution is -2.14. The van der Waals surface area contributed by atoms with Crippen molar-refractivity contribution < 1.29 is 9.53 Å². The summed E-state index contributed by atoms with van der Waals surface area (Å²) in [6, 6.07) is 9.94. The minimum absolute atomic E-state index is 0.0233. The van der Waals surface area contributed by atoms with Gasteiger partial charge in [-0.25, -0.2) is 4.98 Å². The predicted molar refractivity (Wildman–Crippen MR) is 97.7 cm³/mol. The molecule has 6 nitrogen and oxygen atoms in total. The highest BCUT2D eigenvalue weighted by Crippen LogP contribution is 2.32. The van der Waals surface area contributed by atoms with Crippen molar-refractivity contribution in [2.24, 2.45) is 0 Å². The number of nitrogens with zero attached hydrogens (tertiary/aromatic N) is 3. The van der Waals surface area contributed by atoms with E-state index in [0.717, 1.165) is 40.7 Å². The zero-order chi connectivity index (χ0) is 17.1. The maximum Gasteiger partial charge on any atom is 0.232 e. The lowest BCUT2D eigenvalue weighted by Gasteiger charge is -2.02. The van der Waals surface area contributed by atoms with Crippen LogP contribution in [0.15, 0.2) is 35.7 Å². The first kappa shape index (κ1) is 16.3. The number of carbonyl (C=O) groups excluding carboxylic acids is 1. The van der Waals surface area contributed by atoms with Gasteiger partial charge in [0.1, 0.15) is 16.1 Å².